The summed E-state index contributed by atoms with van der Waals surface area (Å²) in [6.07, 6.45) is 2.95. The van der Waals surface area contributed by atoms with Crippen LogP contribution < -0.4 is 5.32 Å². The number of fused-ring (bicyclic) bond motifs is 1. The van der Waals surface area contributed by atoms with E-state index in [4.69, 9.17) is 27.6 Å². The van der Waals surface area contributed by atoms with Gasteiger partial charge in [0.15, 0.2) is 11.5 Å². The molecule has 0 radical (unpaired) electrons. The molecular weight excluding hydrogens is 457 g/mol. The largest absolute Gasteiger partial charge is 0.505 e. The second-order valence-corrected chi connectivity index (χ2v) is 11.1. The van der Waals surface area contributed by atoms with Gasteiger partial charge in [0.25, 0.3) is 5.91 Å². The lowest BCUT2D eigenvalue weighted by atomic mass is 9.62. The van der Waals surface area contributed by atoms with E-state index in [1.54, 1.807) is 6.07 Å². The van der Waals surface area contributed by atoms with E-state index in [0.29, 0.717) is 12.1 Å². The van der Waals surface area contributed by atoms with Crippen LogP contribution >= 0.6 is 23.2 Å². The number of hydrogen-bond donors (Lipinski definition) is 2. The summed E-state index contributed by atoms with van der Waals surface area (Å²) in [5.41, 5.74) is 5.96. The average molecular weight is 486 g/mol. The number of rotatable bonds is 4. The van der Waals surface area contributed by atoms with Crippen LogP contribution in [0.1, 0.15) is 79.1 Å². The number of aromatic hydroxyl groups is 1. The molecule has 174 valence electrons. The summed E-state index contributed by atoms with van der Waals surface area (Å²) >= 11 is 11.9. The summed E-state index contributed by atoms with van der Waals surface area (Å²) in [5.74, 6) is 0.285. The summed E-state index contributed by atoms with van der Waals surface area (Å²) in [6, 6.07) is 11.0. The third-order valence-corrected chi connectivity index (χ3v) is 7.41. The maximum atomic E-state index is 12.6. The first-order valence-electron chi connectivity index (χ1n) is 11.1. The molecule has 1 aliphatic rings. The van der Waals surface area contributed by atoms with E-state index in [2.05, 4.69) is 52.1 Å². The predicted molar refractivity (Wildman–Crippen MR) is 134 cm³/mol. The van der Waals surface area contributed by atoms with Crippen molar-refractivity contribution in [2.24, 2.45) is 0 Å². The van der Waals surface area contributed by atoms with Crippen molar-refractivity contribution in [3.8, 4) is 5.75 Å². The van der Waals surface area contributed by atoms with Gasteiger partial charge in [0.1, 0.15) is 5.76 Å². The monoisotopic (exact) mass is 485 g/mol. The number of aryl methyl sites for hydroxylation is 1. The molecule has 0 bridgehead atoms. The zero-order valence-corrected chi connectivity index (χ0v) is 21.1. The Hall–Kier alpha value is -2.43. The van der Waals surface area contributed by atoms with Gasteiger partial charge in [0, 0.05) is 12.1 Å². The number of hydrogen-bond acceptors (Lipinski definition) is 3. The van der Waals surface area contributed by atoms with Crippen LogP contribution in [-0.4, -0.2) is 11.0 Å². The van der Waals surface area contributed by atoms with Crippen molar-refractivity contribution >= 4 is 34.8 Å². The van der Waals surface area contributed by atoms with Gasteiger partial charge in [-0.05, 0) is 77.1 Å². The Kier molecular flexibility index (Phi) is 6.05. The highest BCUT2D eigenvalue weighted by Gasteiger charge is 2.37. The van der Waals surface area contributed by atoms with Crippen molar-refractivity contribution in [1.82, 2.24) is 0 Å². The van der Waals surface area contributed by atoms with Crippen LogP contribution in [0.25, 0.3) is 0 Å². The van der Waals surface area contributed by atoms with Crippen molar-refractivity contribution in [2.45, 2.75) is 64.7 Å². The molecule has 1 heterocycles. The van der Waals surface area contributed by atoms with E-state index >= 15 is 0 Å². The molecule has 1 aromatic heterocycles. The van der Waals surface area contributed by atoms with Crippen molar-refractivity contribution in [1.29, 1.82) is 0 Å². The summed E-state index contributed by atoms with van der Waals surface area (Å²) in [4.78, 5) is 12.6. The second kappa shape index (κ2) is 8.41. The van der Waals surface area contributed by atoms with Gasteiger partial charge in [-0.2, -0.15) is 0 Å². The Morgan fingerprint density at radius 3 is 2.18 bits per heavy atom. The van der Waals surface area contributed by atoms with Crippen LogP contribution in [-0.2, 0) is 17.3 Å². The molecule has 2 N–H and O–H groups in total. The number of benzene rings is 2. The molecule has 0 saturated carbocycles. The van der Waals surface area contributed by atoms with Crippen LogP contribution in [0.3, 0.4) is 0 Å². The Balaban J connectivity index is 1.56. The zero-order chi connectivity index (χ0) is 24.1. The molecule has 6 heteroatoms. The van der Waals surface area contributed by atoms with Crippen LogP contribution in [0, 0.1) is 6.92 Å². The number of furan rings is 1. The van der Waals surface area contributed by atoms with E-state index in [0.717, 1.165) is 12.2 Å². The van der Waals surface area contributed by atoms with E-state index in [-0.39, 0.29) is 32.4 Å². The van der Waals surface area contributed by atoms with Gasteiger partial charge >= 0.3 is 0 Å². The number of nitrogens with one attached hydrogen (secondary N) is 1. The fourth-order valence-electron chi connectivity index (χ4n) is 4.57. The lowest BCUT2D eigenvalue weighted by molar-refractivity contribution is 0.0995. The normalized spacial score (nSPS) is 16.3. The minimum Gasteiger partial charge on any atom is -0.505 e. The summed E-state index contributed by atoms with van der Waals surface area (Å²) in [5, 5.41) is 12.5. The molecule has 0 spiro atoms. The highest BCUT2D eigenvalue weighted by atomic mass is 35.5. The van der Waals surface area contributed by atoms with Crippen molar-refractivity contribution < 1.29 is 14.3 Å². The molecule has 0 saturated heterocycles. The van der Waals surface area contributed by atoms with Gasteiger partial charge in [0.2, 0.25) is 0 Å². The molecule has 1 amide bonds. The highest BCUT2D eigenvalue weighted by Crippen LogP contribution is 2.46. The number of carbonyl (C=O) groups is 1. The maximum absolute atomic E-state index is 12.6. The quantitative estimate of drug-likeness (QED) is 0.370. The Bertz CT molecular complexity index is 1220. The highest BCUT2D eigenvalue weighted by molar-refractivity contribution is 6.37. The molecule has 3 aromatic rings. The van der Waals surface area contributed by atoms with Crippen molar-refractivity contribution in [2.75, 3.05) is 5.32 Å². The van der Waals surface area contributed by atoms with Crippen molar-refractivity contribution in [3.63, 3.8) is 0 Å². The van der Waals surface area contributed by atoms with E-state index in [9.17, 15) is 9.90 Å². The standard InChI is InChI=1S/C27H29Cl2NO3/c1-15-10-19-20(27(4,5)9-8-26(19,2)3)12-16(15)11-18-6-7-23(33-18)25(32)30-17-13-21(28)24(31)22(29)14-17/h6-7,10,12-14,31H,8-9,11H2,1-5H3,(H,30,32). The number of anilines is 1. The van der Waals surface area contributed by atoms with Crippen LogP contribution in [0.2, 0.25) is 10.0 Å². The topological polar surface area (TPSA) is 62.5 Å². The summed E-state index contributed by atoms with van der Waals surface area (Å²) < 4.78 is 5.87. The van der Waals surface area contributed by atoms with Gasteiger partial charge in [-0.1, -0.05) is 63.0 Å². The van der Waals surface area contributed by atoms with Gasteiger partial charge in [-0.25, -0.2) is 0 Å². The van der Waals surface area contributed by atoms with E-state index < -0.39 is 5.91 Å². The molecule has 0 atom stereocenters. The lowest BCUT2D eigenvalue weighted by Gasteiger charge is -2.42. The smallest absolute Gasteiger partial charge is 0.291 e. The molecule has 4 rings (SSSR count). The van der Waals surface area contributed by atoms with Crippen LogP contribution in [0.4, 0.5) is 5.69 Å². The molecule has 4 nitrogen and oxygen atoms in total. The zero-order valence-electron chi connectivity index (χ0n) is 19.6. The SMILES string of the molecule is Cc1cc2c(cc1Cc1ccc(C(=O)Nc3cc(Cl)c(O)c(Cl)c3)o1)C(C)(C)CCC2(C)C. The minimum atomic E-state index is -0.413. The van der Waals surface area contributed by atoms with Gasteiger partial charge in [-0.15, -0.1) is 0 Å². The first-order valence-corrected chi connectivity index (χ1v) is 11.9. The fraction of sp³-hybridized carbons (Fsp3) is 0.370. The Labute approximate surface area is 204 Å². The molecule has 2 aromatic carbocycles. The van der Waals surface area contributed by atoms with Gasteiger partial charge in [0.05, 0.1) is 10.0 Å². The van der Waals surface area contributed by atoms with E-state index in [1.165, 1.54) is 40.8 Å². The van der Waals surface area contributed by atoms with E-state index in [1.807, 2.05) is 6.07 Å². The van der Waals surface area contributed by atoms with Gasteiger partial charge < -0.3 is 14.8 Å². The van der Waals surface area contributed by atoms with Crippen LogP contribution in [0.15, 0.2) is 40.8 Å². The molecule has 0 fully saturated rings. The maximum Gasteiger partial charge on any atom is 0.291 e. The minimum absolute atomic E-state index is 0.0620. The first kappa shape index (κ1) is 23.7. The molecular formula is C27H29Cl2NO3. The number of carbonyl (C=O) groups excluding carboxylic acids is 1. The molecule has 0 aliphatic heterocycles. The Morgan fingerprint density at radius 1 is 1.00 bits per heavy atom. The number of amides is 1. The fourth-order valence-corrected chi connectivity index (χ4v) is 5.06. The Morgan fingerprint density at radius 2 is 1.58 bits per heavy atom. The number of phenols is 1. The summed E-state index contributed by atoms with van der Waals surface area (Å²) in [6.45, 7) is 11.4. The summed E-state index contributed by atoms with van der Waals surface area (Å²) in [7, 11) is 0. The first-order chi connectivity index (χ1) is 15.4. The lowest BCUT2D eigenvalue weighted by Crippen LogP contribution is -2.34. The van der Waals surface area contributed by atoms with Gasteiger partial charge in [-0.3, -0.25) is 4.79 Å². The number of halogens is 2. The average Bonchev–Trinajstić information content (AvgIpc) is 3.19. The molecule has 33 heavy (non-hydrogen) atoms. The predicted octanol–water partition coefficient (Wildman–Crippen LogP) is 7.79. The van der Waals surface area contributed by atoms with Crippen LogP contribution in [0.5, 0.6) is 5.75 Å². The third kappa shape index (κ3) is 4.64. The van der Waals surface area contributed by atoms with Crippen molar-refractivity contribution in [3.05, 3.63) is 80.2 Å². The molecule has 0 unspecified atom stereocenters. The molecule has 1 aliphatic carbocycles. The number of phenolic OH excluding ortho intramolecular Hbond substituents is 1. The second-order valence-electron chi connectivity index (χ2n) is 10.3. The third-order valence-electron chi connectivity index (χ3n) is 6.83.